The Morgan fingerprint density at radius 2 is 2.05 bits per heavy atom. The van der Waals surface area contributed by atoms with Gasteiger partial charge in [-0.15, -0.1) is 0 Å². The molecule has 0 amide bonds. The van der Waals surface area contributed by atoms with Gasteiger partial charge in [0.05, 0.1) is 10.6 Å². The number of hydrogen-bond donors (Lipinski definition) is 3. The Bertz CT molecular complexity index is 528. The Labute approximate surface area is 119 Å². The van der Waals surface area contributed by atoms with Crippen molar-refractivity contribution >= 4 is 15.7 Å². The summed E-state index contributed by atoms with van der Waals surface area (Å²) >= 11 is 0. The summed E-state index contributed by atoms with van der Waals surface area (Å²) in [4.78, 5) is -0.229. The van der Waals surface area contributed by atoms with Gasteiger partial charge < -0.3 is 11.1 Å². The molecule has 0 saturated heterocycles. The first-order valence-corrected chi connectivity index (χ1v) is 8.19. The minimum atomic E-state index is -3.87. The summed E-state index contributed by atoms with van der Waals surface area (Å²) in [7, 11) is -3.87. The molecule has 5 nitrogen and oxygen atoms in total. The van der Waals surface area contributed by atoms with Crippen molar-refractivity contribution in [2.45, 2.75) is 31.1 Å². The van der Waals surface area contributed by atoms with E-state index in [1.165, 1.54) is 12.1 Å². The van der Waals surface area contributed by atoms with E-state index in [9.17, 15) is 12.8 Å². The zero-order chi connectivity index (χ0) is 15.2. The molecule has 0 aliphatic rings. The maximum Gasteiger partial charge on any atom is 0.238 e. The highest BCUT2D eigenvalue weighted by molar-refractivity contribution is 7.89. The van der Waals surface area contributed by atoms with Crippen LogP contribution in [0, 0.1) is 11.7 Å². The predicted molar refractivity (Wildman–Crippen MR) is 78.3 cm³/mol. The zero-order valence-electron chi connectivity index (χ0n) is 11.6. The Balaban J connectivity index is 2.73. The molecule has 114 valence electrons. The van der Waals surface area contributed by atoms with E-state index in [4.69, 9.17) is 10.9 Å². The fourth-order valence-corrected chi connectivity index (χ4v) is 2.59. The van der Waals surface area contributed by atoms with Crippen molar-refractivity contribution in [1.29, 1.82) is 0 Å². The first-order chi connectivity index (χ1) is 9.38. The lowest BCUT2D eigenvalue weighted by Crippen LogP contribution is -2.19. The van der Waals surface area contributed by atoms with Gasteiger partial charge in [-0.25, -0.2) is 17.9 Å². The SMILES string of the molecule is CCCC(CCN)CNc1ccc(S(N)(=O)=O)cc1F. The van der Waals surface area contributed by atoms with Gasteiger partial charge in [0.15, 0.2) is 0 Å². The van der Waals surface area contributed by atoms with Crippen molar-refractivity contribution in [2.75, 3.05) is 18.4 Å². The van der Waals surface area contributed by atoms with Crippen LogP contribution in [-0.2, 0) is 10.0 Å². The summed E-state index contributed by atoms with van der Waals surface area (Å²) in [6.45, 7) is 3.29. The molecule has 0 aromatic heterocycles. The van der Waals surface area contributed by atoms with E-state index in [-0.39, 0.29) is 10.6 Å². The number of hydrogen-bond acceptors (Lipinski definition) is 4. The highest BCUT2D eigenvalue weighted by atomic mass is 32.2. The molecule has 0 radical (unpaired) electrons. The van der Waals surface area contributed by atoms with E-state index >= 15 is 0 Å². The number of rotatable bonds is 8. The molecule has 0 spiro atoms. The van der Waals surface area contributed by atoms with Crippen LogP contribution in [0.25, 0.3) is 0 Å². The van der Waals surface area contributed by atoms with Gasteiger partial charge in [-0.1, -0.05) is 13.3 Å². The Morgan fingerprint density at radius 3 is 2.55 bits per heavy atom. The number of halogens is 1. The van der Waals surface area contributed by atoms with Crippen molar-refractivity contribution in [3.8, 4) is 0 Å². The minimum Gasteiger partial charge on any atom is -0.382 e. The molecule has 0 saturated carbocycles. The third kappa shape index (κ3) is 5.07. The molecule has 1 aromatic carbocycles. The summed E-state index contributed by atoms with van der Waals surface area (Å²) in [6.07, 6.45) is 2.93. The monoisotopic (exact) mass is 303 g/mol. The van der Waals surface area contributed by atoms with Gasteiger partial charge in [0.25, 0.3) is 0 Å². The van der Waals surface area contributed by atoms with Crippen LogP contribution in [0.1, 0.15) is 26.2 Å². The summed E-state index contributed by atoms with van der Waals surface area (Å²) in [5.74, 6) is -0.248. The summed E-state index contributed by atoms with van der Waals surface area (Å²) in [6, 6.07) is 3.61. The zero-order valence-corrected chi connectivity index (χ0v) is 12.4. The first kappa shape index (κ1) is 16.9. The normalized spacial score (nSPS) is 13.2. The molecule has 0 fully saturated rings. The van der Waals surface area contributed by atoms with Gasteiger partial charge in [-0.05, 0) is 43.5 Å². The van der Waals surface area contributed by atoms with Gasteiger partial charge in [0.2, 0.25) is 10.0 Å². The third-order valence-corrected chi connectivity index (χ3v) is 4.03. The second kappa shape index (κ2) is 7.56. The number of anilines is 1. The molecule has 1 rings (SSSR count). The topological polar surface area (TPSA) is 98.2 Å². The van der Waals surface area contributed by atoms with Crippen LogP contribution in [0.4, 0.5) is 10.1 Å². The number of nitrogens with one attached hydrogen (secondary N) is 1. The van der Waals surface area contributed by atoms with Gasteiger partial charge in [0, 0.05) is 6.54 Å². The predicted octanol–water partition coefficient (Wildman–Crippen LogP) is 1.65. The molecule has 0 bridgehead atoms. The maximum absolute atomic E-state index is 13.8. The van der Waals surface area contributed by atoms with Gasteiger partial charge >= 0.3 is 0 Å². The quantitative estimate of drug-likeness (QED) is 0.680. The largest absolute Gasteiger partial charge is 0.382 e. The van der Waals surface area contributed by atoms with Crippen molar-refractivity contribution in [2.24, 2.45) is 16.8 Å². The van der Waals surface area contributed by atoms with E-state index in [0.29, 0.717) is 19.0 Å². The number of benzene rings is 1. The highest BCUT2D eigenvalue weighted by Gasteiger charge is 2.13. The lowest BCUT2D eigenvalue weighted by molar-refractivity contribution is 0.472. The molecule has 20 heavy (non-hydrogen) atoms. The van der Waals surface area contributed by atoms with Crippen molar-refractivity contribution in [3.63, 3.8) is 0 Å². The van der Waals surface area contributed by atoms with Crippen LogP contribution in [0.2, 0.25) is 0 Å². The van der Waals surface area contributed by atoms with Crippen LogP contribution in [0.15, 0.2) is 23.1 Å². The summed E-state index contributed by atoms with van der Waals surface area (Å²) in [5.41, 5.74) is 5.82. The maximum atomic E-state index is 13.8. The molecular formula is C13H22FN3O2S. The second-order valence-corrected chi connectivity index (χ2v) is 6.36. The van der Waals surface area contributed by atoms with Crippen molar-refractivity contribution in [1.82, 2.24) is 0 Å². The fourth-order valence-electron chi connectivity index (χ4n) is 2.06. The molecular weight excluding hydrogens is 281 g/mol. The molecule has 0 aliphatic heterocycles. The molecule has 5 N–H and O–H groups in total. The van der Waals surface area contributed by atoms with Gasteiger partial charge in [-0.3, -0.25) is 0 Å². The molecule has 0 aliphatic carbocycles. The third-order valence-electron chi connectivity index (χ3n) is 3.12. The van der Waals surface area contributed by atoms with E-state index in [0.717, 1.165) is 25.3 Å². The van der Waals surface area contributed by atoms with E-state index in [1.54, 1.807) is 0 Å². The second-order valence-electron chi connectivity index (χ2n) is 4.80. The Kier molecular flexibility index (Phi) is 6.38. The van der Waals surface area contributed by atoms with Gasteiger partial charge in [-0.2, -0.15) is 0 Å². The van der Waals surface area contributed by atoms with Crippen LogP contribution in [-0.4, -0.2) is 21.5 Å². The smallest absolute Gasteiger partial charge is 0.238 e. The van der Waals surface area contributed by atoms with Crippen molar-refractivity contribution in [3.05, 3.63) is 24.0 Å². The van der Waals surface area contributed by atoms with Gasteiger partial charge in [0.1, 0.15) is 5.82 Å². The molecule has 1 unspecified atom stereocenters. The van der Waals surface area contributed by atoms with Crippen molar-refractivity contribution < 1.29 is 12.8 Å². The summed E-state index contributed by atoms with van der Waals surface area (Å²) in [5, 5.41) is 7.94. The standard InChI is InChI=1S/C13H22FN3O2S/c1-2-3-10(6-7-15)9-17-13-5-4-11(8-12(13)14)20(16,18)19/h4-5,8,10,17H,2-3,6-7,9,15H2,1H3,(H2,16,18,19). The highest BCUT2D eigenvalue weighted by Crippen LogP contribution is 2.19. The Hall–Kier alpha value is -1.18. The average molecular weight is 303 g/mol. The van der Waals surface area contributed by atoms with E-state index < -0.39 is 15.8 Å². The van der Waals surface area contributed by atoms with Crippen LogP contribution >= 0.6 is 0 Å². The summed E-state index contributed by atoms with van der Waals surface area (Å²) < 4.78 is 36.0. The van der Waals surface area contributed by atoms with Crippen LogP contribution in [0.3, 0.4) is 0 Å². The lowest BCUT2D eigenvalue weighted by atomic mass is 10.00. The van der Waals surface area contributed by atoms with Crippen LogP contribution in [0.5, 0.6) is 0 Å². The number of sulfonamides is 1. The first-order valence-electron chi connectivity index (χ1n) is 6.64. The molecule has 7 heteroatoms. The van der Waals surface area contributed by atoms with Crippen LogP contribution < -0.4 is 16.2 Å². The lowest BCUT2D eigenvalue weighted by Gasteiger charge is -2.17. The average Bonchev–Trinajstić information content (AvgIpc) is 2.36. The Morgan fingerprint density at radius 1 is 1.35 bits per heavy atom. The molecule has 1 atom stereocenters. The van der Waals surface area contributed by atoms with E-state index in [2.05, 4.69) is 12.2 Å². The van der Waals surface area contributed by atoms with E-state index in [1.807, 2.05) is 0 Å². The molecule has 0 heterocycles. The number of primary sulfonamides is 1. The minimum absolute atomic E-state index is 0.229. The molecule has 1 aromatic rings. The number of nitrogens with two attached hydrogens (primary N) is 2. The fraction of sp³-hybridized carbons (Fsp3) is 0.538.